The molecule has 0 saturated heterocycles. The van der Waals surface area contributed by atoms with E-state index >= 15 is 0 Å². The van der Waals surface area contributed by atoms with Crippen LogP contribution in [0, 0.1) is 10.1 Å². The molecular weight excluding hydrogens is 299 g/mol. The Bertz CT molecular complexity index is 489. The lowest BCUT2D eigenvalue weighted by atomic mass is 10.5. The molecule has 0 aliphatic heterocycles. The van der Waals surface area contributed by atoms with Gasteiger partial charge in [0.05, 0.1) is 0 Å². The van der Waals surface area contributed by atoms with Crippen molar-refractivity contribution in [2.24, 2.45) is 0 Å². The van der Waals surface area contributed by atoms with Crippen LogP contribution in [0.2, 0.25) is 0 Å². The topological polar surface area (TPSA) is 90.2 Å². The molecule has 0 aliphatic rings. The van der Waals surface area contributed by atoms with Crippen molar-refractivity contribution in [3.05, 3.63) is 26.7 Å². The third-order valence-corrected chi connectivity index (χ3v) is 3.04. The van der Waals surface area contributed by atoms with E-state index in [9.17, 15) is 18.5 Å². The number of hydrogen-bond donors (Lipinski definition) is 0. The molecule has 0 amide bonds. The molecular formula is C5H2BrClN2O4S. The zero-order chi connectivity index (χ0) is 10.9. The number of hydrogen-bond acceptors (Lipinski definition) is 5. The fourth-order valence-corrected chi connectivity index (χ4v) is 1.73. The van der Waals surface area contributed by atoms with Crippen molar-refractivity contribution in [1.82, 2.24) is 4.98 Å². The van der Waals surface area contributed by atoms with Gasteiger partial charge in [0.1, 0.15) is 4.47 Å². The van der Waals surface area contributed by atoms with Gasteiger partial charge in [0.2, 0.25) is 0 Å². The van der Waals surface area contributed by atoms with E-state index in [1.165, 1.54) is 6.07 Å². The number of pyridine rings is 1. The molecule has 1 rings (SSSR count). The summed E-state index contributed by atoms with van der Waals surface area (Å²) < 4.78 is 21.7. The highest BCUT2D eigenvalue weighted by atomic mass is 79.9. The Morgan fingerprint density at radius 1 is 1.50 bits per heavy atom. The number of halogens is 2. The van der Waals surface area contributed by atoms with Crippen LogP contribution >= 0.6 is 26.6 Å². The number of nitro groups is 1. The monoisotopic (exact) mass is 300 g/mol. The first-order valence-corrected chi connectivity index (χ1v) is 6.18. The third-order valence-electron chi connectivity index (χ3n) is 1.22. The maximum atomic E-state index is 10.8. The highest BCUT2D eigenvalue weighted by molar-refractivity contribution is 9.10. The second-order valence-electron chi connectivity index (χ2n) is 2.15. The SMILES string of the molecule is O=[N+]([O-])c1nc(S(=O)(=O)Cl)ccc1Br. The second-order valence-corrected chi connectivity index (χ2v) is 5.52. The van der Waals surface area contributed by atoms with E-state index in [1.54, 1.807) is 0 Å². The largest absolute Gasteiger partial charge is 0.379 e. The third kappa shape index (κ3) is 2.40. The van der Waals surface area contributed by atoms with Crippen LogP contribution in [0.25, 0.3) is 0 Å². The summed E-state index contributed by atoms with van der Waals surface area (Å²) >= 11 is 2.86. The van der Waals surface area contributed by atoms with Crippen molar-refractivity contribution in [2.75, 3.05) is 0 Å². The van der Waals surface area contributed by atoms with E-state index in [0.717, 1.165) is 6.07 Å². The van der Waals surface area contributed by atoms with E-state index in [2.05, 4.69) is 20.9 Å². The first-order valence-electron chi connectivity index (χ1n) is 3.08. The van der Waals surface area contributed by atoms with Crippen molar-refractivity contribution in [3.8, 4) is 0 Å². The average molecular weight is 302 g/mol. The van der Waals surface area contributed by atoms with Gasteiger partial charge in [0.25, 0.3) is 5.03 Å². The quantitative estimate of drug-likeness (QED) is 0.471. The van der Waals surface area contributed by atoms with E-state index in [1.807, 2.05) is 0 Å². The number of rotatable bonds is 2. The van der Waals surface area contributed by atoms with Crippen molar-refractivity contribution in [1.29, 1.82) is 0 Å². The Labute approximate surface area is 91.6 Å². The van der Waals surface area contributed by atoms with Crippen LogP contribution in [0.1, 0.15) is 0 Å². The van der Waals surface area contributed by atoms with Crippen molar-refractivity contribution < 1.29 is 13.3 Å². The Morgan fingerprint density at radius 3 is 2.50 bits per heavy atom. The summed E-state index contributed by atoms with van der Waals surface area (Å²) in [5.41, 5.74) is 0. The Kier molecular flexibility index (Phi) is 3.07. The van der Waals surface area contributed by atoms with Gasteiger partial charge in [-0.3, -0.25) is 0 Å². The molecule has 0 unspecified atom stereocenters. The van der Waals surface area contributed by atoms with Crippen LogP contribution in [-0.4, -0.2) is 18.3 Å². The molecule has 76 valence electrons. The van der Waals surface area contributed by atoms with Gasteiger partial charge in [-0.05, 0) is 31.9 Å². The van der Waals surface area contributed by atoms with E-state index in [4.69, 9.17) is 10.7 Å². The average Bonchev–Trinajstić information content (AvgIpc) is 2.02. The summed E-state index contributed by atoms with van der Waals surface area (Å²) in [6.45, 7) is 0. The molecule has 0 fully saturated rings. The normalized spacial score (nSPS) is 11.3. The fourth-order valence-electron chi connectivity index (χ4n) is 0.678. The predicted octanol–water partition coefficient (Wildman–Crippen LogP) is 1.68. The lowest BCUT2D eigenvalue weighted by molar-refractivity contribution is -0.390. The van der Waals surface area contributed by atoms with Gasteiger partial charge >= 0.3 is 14.9 Å². The molecule has 1 heterocycles. The van der Waals surface area contributed by atoms with Gasteiger partial charge in [0.15, 0.2) is 0 Å². The molecule has 0 bridgehead atoms. The van der Waals surface area contributed by atoms with Crippen LogP contribution in [-0.2, 0) is 9.05 Å². The maximum absolute atomic E-state index is 10.8. The molecule has 1 aromatic heterocycles. The fraction of sp³-hybridized carbons (Fsp3) is 0. The smallest absolute Gasteiger partial charge is 0.358 e. The minimum atomic E-state index is -4.04. The highest BCUT2D eigenvalue weighted by Crippen LogP contribution is 2.24. The van der Waals surface area contributed by atoms with Gasteiger partial charge in [-0.2, -0.15) is 0 Å². The first kappa shape index (κ1) is 11.3. The second kappa shape index (κ2) is 3.79. The zero-order valence-corrected chi connectivity index (χ0v) is 9.50. The highest BCUT2D eigenvalue weighted by Gasteiger charge is 2.23. The molecule has 0 spiro atoms. The van der Waals surface area contributed by atoms with Crippen molar-refractivity contribution in [2.45, 2.75) is 5.03 Å². The van der Waals surface area contributed by atoms with Crippen molar-refractivity contribution in [3.63, 3.8) is 0 Å². The van der Waals surface area contributed by atoms with Crippen LogP contribution in [0.4, 0.5) is 5.82 Å². The molecule has 0 atom stereocenters. The Morgan fingerprint density at radius 2 is 2.07 bits per heavy atom. The van der Waals surface area contributed by atoms with Gasteiger partial charge < -0.3 is 10.1 Å². The van der Waals surface area contributed by atoms with E-state index in [0.29, 0.717) is 0 Å². The minimum Gasteiger partial charge on any atom is -0.358 e. The molecule has 0 aliphatic carbocycles. The van der Waals surface area contributed by atoms with Crippen LogP contribution in [0.5, 0.6) is 0 Å². The molecule has 14 heavy (non-hydrogen) atoms. The van der Waals surface area contributed by atoms with Gasteiger partial charge in [0, 0.05) is 16.7 Å². The summed E-state index contributed by atoms with van der Waals surface area (Å²) in [5, 5.41) is 9.83. The molecule has 1 aromatic rings. The molecule has 0 saturated carbocycles. The minimum absolute atomic E-state index is 0.0894. The van der Waals surface area contributed by atoms with Crippen LogP contribution in [0.15, 0.2) is 21.6 Å². The zero-order valence-electron chi connectivity index (χ0n) is 6.35. The lowest BCUT2D eigenvalue weighted by Crippen LogP contribution is -1.99. The van der Waals surface area contributed by atoms with Crippen LogP contribution in [0.3, 0.4) is 0 Å². The first-order chi connectivity index (χ1) is 6.32. The van der Waals surface area contributed by atoms with Gasteiger partial charge in [-0.25, -0.2) is 8.42 Å². The standard InChI is InChI=1S/C5H2BrClN2O4S/c6-3-1-2-4(14(7,12)13)8-5(3)9(10)11/h1-2H. The summed E-state index contributed by atoms with van der Waals surface area (Å²) in [6, 6.07) is 2.26. The van der Waals surface area contributed by atoms with E-state index < -0.39 is 24.8 Å². The molecule has 0 aromatic carbocycles. The number of nitrogens with zero attached hydrogens (tertiary/aromatic N) is 2. The van der Waals surface area contributed by atoms with Crippen LogP contribution < -0.4 is 0 Å². The van der Waals surface area contributed by atoms with Gasteiger partial charge in [-0.1, -0.05) is 0 Å². The molecule has 0 radical (unpaired) electrons. The molecule has 9 heteroatoms. The maximum Gasteiger partial charge on any atom is 0.379 e. The number of aromatic nitrogens is 1. The molecule has 0 N–H and O–H groups in total. The summed E-state index contributed by atoms with van der Waals surface area (Å²) in [7, 11) is 0.920. The van der Waals surface area contributed by atoms with Gasteiger partial charge in [-0.15, -0.1) is 0 Å². The predicted molar refractivity (Wildman–Crippen MR) is 51.6 cm³/mol. The van der Waals surface area contributed by atoms with Crippen molar-refractivity contribution >= 4 is 41.5 Å². The Hall–Kier alpha value is -0.730. The Balaban J connectivity index is 3.42. The summed E-state index contributed by atoms with van der Waals surface area (Å²) in [5.74, 6) is -0.591. The molecule has 6 nitrogen and oxygen atoms in total. The summed E-state index contributed by atoms with van der Waals surface area (Å²) in [4.78, 5) is 12.8. The summed E-state index contributed by atoms with van der Waals surface area (Å²) in [6.07, 6.45) is 0. The lowest BCUT2D eigenvalue weighted by Gasteiger charge is -1.95. The van der Waals surface area contributed by atoms with E-state index in [-0.39, 0.29) is 4.47 Å².